The number of nitrogens with zero attached hydrogens (tertiary/aromatic N) is 4. The highest BCUT2D eigenvalue weighted by Gasteiger charge is 2.58. The third-order valence-corrected chi connectivity index (χ3v) is 6.11. The lowest BCUT2D eigenvalue weighted by Gasteiger charge is -2.42. The number of imide groups is 1. The van der Waals surface area contributed by atoms with Crippen molar-refractivity contribution < 1.29 is 23.6 Å². The van der Waals surface area contributed by atoms with Gasteiger partial charge in [-0.25, -0.2) is 4.79 Å². The molecule has 29 heavy (non-hydrogen) atoms. The summed E-state index contributed by atoms with van der Waals surface area (Å²) in [4.78, 5) is 44.0. The van der Waals surface area contributed by atoms with Gasteiger partial charge in [0.2, 0.25) is 0 Å². The zero-order valence-corrected chi connectivity index (χ0v) is 17.0. The Morgan fingerprint density at radius 3 is 2.66 bits per heavy atom. The highest BCUT2D eigenvalue weighted by atomic mass is 16.5. The predicted molar refractivity (Wildman–Crippen MR) is 102 cm³/mol. The summed E-state index contributed by atoms with van der Waals surface area (Å²) in [7, 11) is 0. The molecule has 4 rings (SSSR count). The molecule has 0 radical (unpaired) electrons. The molecule has 3 saturated heterocycles. The molecule has 1 aromatic heterocycles. The van der Waals surface area contributed by atoms with E-state index >= 15 is 0 Å². The van der Waals surface area contributed by atoms with E-state index in [-0.39, 0.29) is 35.6 Å². The highest BCUT2D eigenvalue weighted by Crippen LogP contribution is 2.38. The second kappa shape index (κ2) is 7.78. The van der Waals surface area contributed by atoms with Crippen LogP contribution in [0.2, 0.25) is 0 Å². The molecular weight excluding hydrogens is 376 g/mol. The van der Waals surface area contributed by atoms with Gasteiger partial charge in [0, 0.05) is 32.3 Å². The normalized spacial score (nSPS) is 24.4. The molecule has 9 nitrogen and oxygen atoms in total. The van der Waals surface area contributed by atoms with Crippen molar-refractivity contribution in [3.8, 4) is 0 Å². The average molecular weight is 404 g/mol. The smallest absolute Gasteiger partial charge is 0.327 e. The van der Waals surface area contributed by atoms with Crippen LogP contribution in [0.5, 0.6) is 0 Å². The van der Waals surface area contributed by atoms with Crippen molar-refractivity contribution in [2.24, 2.45) is 5.92 Å². The lowest BCUT2D eigenvalue weighted by molar-refractivity contribution is -0.136. The lowest BCUT2D eigenvalue weighted by atomic mass is 9.85. The fraction of sp³-hybridized carbons (Fsp3) is 0.700. The van der Waals surface area contributed by atoms with Gasteiger partial charge in [0.15, 0.2) is 5.69 Å². The Balaban J connectivity index is 1.52. The van der Waals surface area contributed by atoms with E-state index in [0.717, 1.165) is 12.8 Å². The summed E-state index contributed by atoms with van der Waals surface area (Å²) in [6, 6.07) is 1.31. The number of hydrogen-bond donors (Lipinski definition) is 0. The molecule has 3 fully saturated rings. The summed E-state index contributed by atoms with van der Waals surface area (Å²) in [6.07, 6.45) is 3.97. The number of carbonyl (C=O) groups is 3. The molecule has 0 aliphatic carbocycles. The summed E-state index contributed by atoms with van der Waals surface area (Å²) >= 11 is 0. The molecule has 1 atom stereocenters. The summed E-state index contributed by atoms with van der Waals surface area (Å²) in [5.41, 5.74) is -0.616. The van der Waals surface area contributed by atoms with E-state index < -0.39 is 5.54 Å². The first-order valence-corrected chi connectivity index (χ1v) is 10.4. The van der Waals surface area contributed by atoms with Gasteiger partial charge in [-0.2, -0.15) is 0 Å². The molecule has 0 bridgehead atoms. The number of aromatic nitrogens is 1. The summed E-state index contributed by atoms with van der Waals surface area (Å²) in [5.74, 6) is -0.120. The molecule has 158 valence electrons. The van der Waals surface area contributed by atoms with Crippen molar-refractivity contribution in [1.29, 1.82) is 0 Å². The second-order valence-electron chi connectivity index (χ2n) is 8.55. The van der Waals surface area contributed by atoms with Gasteiger partial charge in [0.25, 0.3) is 11.8 Å². The SMILES string of the molecule is CC(C)CN1C(=O)N(CC2CCCO2)C(=O)C12CCN(C(=O)c1ccon1)CC2. The van der Waals surface area contributed by atoms with E-state index in [9.17, 15) is 14.4 Å². The quantitative estimate of drug-likeness (QED) is 0.694. The topological polar surface area (TPSA) is 96.2 Å². The van der Waals surface area contributed by atoms with Crippen LogP contribution in [-0.2, 0) is 9.53 Å². The standard InChI is InChI=1S/C20H28N4O5/c1-14(2)12-24-19(27)23(13-15-4-3-10-28-15)18(26)20(24)6-8-22(9-7-20)17(25)16-5-11-29-21-16/h5,11,14-15H,3-4,6-10,12-13H2,1-2H3. The van der Waals surface area contributed by atoms with Gasteiger partial charge in [-0.3, -0.25) is 14.5 Å². The van der Waals surface area contributed by atoms with Gasteiger partial charge in [-0.15, -0.1) is 0 Å². The van der Waals surface area contributed by atoms with Gasteiger partial charge in [-0.1, -0.05) is 19.0 Å². The number of hydrogen-bond acceptors (Lipinski definition) is 6. The summed E-state index contributed by atoms with van der Waals surface area (Å²) in [6.45, 7) is 6.38. The Morgan fingerprint density at radius 1 is 1.31 bits per heavy atom. The highest BCUT2D eigenvalue weighted by molar-refractivity contribution is 6.07. The average Bonchev–Trinajstić information content (AvgIpc) is 3.45. The van der Waals surface area contributed by atoms with Crippen molar-refractivity contribution >= 4 is 17.8 Å². The van der Waals surface area contributed by atoms with Crippen LogP contribution in [0.1, 0.15) is 50.0 Å². The van der Waals surface area contributed by atoms with E-state index in [2.05, 4.69) is 5.16 Å². The monoisotopic (exact) mass is 404 g/mol. The third kappa shape index (κ3) is 3.52. The Kier molecular flexibility index (Phi) is 5.33. The van der Waals surface area contributed by atoms with E-state index in [1.54, 1.807) is 9.80 Å². The Bertz CT molecular complexity index is 764. The Labute approximate surface area is 169 Å². The minimum absolute atomic E-state index is 0.0761. The van der Waals surface area contributed by atoms with Gasteiger partial charge < -0.3 is 19.1 Å². The van der Waals surface area contributed by atoms with Crippen LogP contribution in [0, 0.1) is 5.92 Å². The molecule has 0 saturated carbocycles. The van der Waals surface area contributed by atoms with Crippen LogP contribution >= 0.6 is 0 Å². The van der Waals surface area contributed by atoms with E-state index in [4.69, 9.17) is 9.26 Å². The number of likely N-dealkylation sites (tertiary alicyclic amines) is 1. The van der Waals surface area contributed by atoms with Crippen molar-refractivity contribution in [3.63, 3.8) is 0 Å². The Morgan fingerprint density at radius 2 is 2.07 bits per heavy atom. The minimum Gasteiger partial charge on any atom is -0.376 e. The molecule has 9 heteroatoms. The van der Waals surface area contributed by atoms with Crippen molar-refractivity contribution in [1.82, 2.24) is 19.9 Å². The predicted octanol–water partition coefficient (Wildman–Crippen LogP) is 1.75. The summed E-state index contributed by atoms with van der Waals surface area (Å²) in [5, 5.41) is 3.71. The fourth-order valence-electron chi connectivity index (χ4n) is 4.60. The molecule has 3 aliphatic heterocycles. The molecule has 1 spiro atoms. The van der Waals surface area contributed by atoms with Gasteiger partial charge in [-0.05, 0) is 31.6 Å². The van der Waals surface area contributed by atoms with Crippen LogP contribution in [-0.4, -0.2) is 82.1 Å². The van der Waals surface area contributed by atoms with Crippen LogP contribution in [0.15, 0.2) is 16.9 Å². The largest absolute Gasteiger partial charge is 0.376 e. The molecule has 4 heterocycles. The summed E-state index contributed by atoms with van der Waals surface area (Å²) < 4.78 is 10.4. The van der Waals surface area contributed by atoms with Crippen molar-refractivity contribution in [2.75, 3.05) is 32.8 Å². The number of urea groups is 1. The van der Waals surface area contributed by atoms with Crippen LogP contribution in [0.25, 0.3) is 0 Å². The maximum absolute atomic E-state index is 13.5. The number of rotatable bonds is 5. The number of amides is 4. The first-order valence-electron chi connectivity index (χ1n) is 10.4. The van der Waals surface area contributed by atoms with Crippen LogP contribution < -0.4 is 0 Å². The van der Waals surface area contributed by atoms with Crippen molar-refractivity contribution in [2.45, 2.75) is 51.2 Å². The zero-order chi connectivity index (χ0) is 20.6. The fourth-order valence-corrected chi connectivity index (χ4v) is 4.60. The zero-order valence-electron chi connectivity index (χ0n) is 17.0. The van der Waals surface area contributed by atoms with Crippen LogP contribution in [0.4, 0.5) is 4.79 Å². The molecule has 1 unspecified atom stereocenters. The first-order chi connectivity index (χ1) is 13.9. The van der Waals surface area contributed by atoms with E-state index in [0.29, 0.717) is 45.6 Å². The van der Waals surface area contributed by atoms with E-state index in [1.807, 2.05) is 13.8 Å². The maximum atomic E-state index is 13.5. The lowest BCUT2D eigenvalue weighted by Crippen LogP contribution is -2.58. The second-order valence-corrected chi connectivity index (χ2v) is 8.55. The van der Waals surface area contributed by atoms with Gasteiger partial charge >= 0.3 is 6.03 Å². The van der Waals surface area contributed by atoms with Gasteiger partial charge in [0.05, 0.1) is 12.6 Å². The Hall–Kier alpha value is -2.42. The molecule has 3 aliphatic rings. The number of carbonyl (C=O) groups excluding carboxylic acids is 3. The maximum Gasteiger partial charge on any atom is 0.327 e. The molecule has 0 N–H and O–H groups in total. The minimum atomic E-state index is -0.874. The van der Waals surface area contributed by atoms with E-state index in [1.165, 1.54) is 17.2 Å². The number of piperidine rings is 1. The molecule has 1 aromatic rings. The van der Waals surface area contributed by atoms with Crippen molar-refractivity contribution in [3.05, 3.63) is 18.0 Å². The first kappa shape index (κ1) is 19.9. The molecular formula is C20H28N4O5. The molecule has 0 aromatic carbocycles. The van der Waals surface area contributed by atoms with Gasteiger partial charge in [0.1, 0.15) is 11.8 Å². The third-order valence-electron chi connectivity index (χ3n) is 6.11. The molecule has 4 amide bonds. The van der Waals surface area contributed by atoms with Crippen LogP contribution in [0.3, 0.4) is 0 Å². The number of ether oxygens (including phenoxy) is 1.